The maximum Gasteiger partial charge on any atom is 0.209 e. The van der Waals surface area contributed by atoms with Gasteiger partial charge in [-0.25, -0.2) is 4.98 Å². The van der Waals surface area contributed by atoms with Gasteiger partial charge < -0.3 is 20.0 Å². The number of aliphatic hydroxyl groups is 1. The highest BCUT2D eigenvalue weighted by Gasteiger charge is 2.12. The molecule has 1 aromatic carbocycles. The zero-order chi connectivity index (χ0) is 13.8. The summed E-state index contributed by atoms with van der Waals surface area (Å²) < 4.78 is 10.5. The predicted molar refractivity (Wildman–Crippen MR) is 72.6 cm³/mol. The minimum atomic E-state index is -0.518. The van der Waals surface area contributed by atoms with Gasteiger partial charge in [-0.2, -0.15) is 0 Å². The standard InChI is InChI=1S/C13H19N3O3/c1-16(6-10(17)8-18-2)7-13-15-11-5-9(14)3-4-12(11)19-13/h3-5,10,17H,6-8,14H2,1-2H3. The van der Waals surface area contributed by atoms with E-state index in [1.54, 1.807) is 25.3 Å². The number of hydrogen-bond acceptors (Lipinski definition) is 6. The maximum atomic E-state index is 9.64. The molecule has 0 aliphatic rings. The Labute approximate surface area is 111 Å². The summed E-state index contributed by atoms with van der Waals surface area (Å²) in [7, 11) is 3.45. The smallest absolute Gasteiger partial charge is 0.209 e. The second-order valence-electron chi connectivity index (χ2n) is 4.64. The molecule has 6 heteroatoms. The Bertz CT molecular complexity index is 541. The molecule has 0 bridgehead atoms. The van der Waals surface area contributed by atoms with Gasteiger partial charge in [-0.1, -0.05) is 0 Å². The van der Waals surface area contributed by atoms with Crippen LogP contribution in [0.4, 0.5) is 5.69 Å². The lowest BCUT2D eigenvalue weighted by Gasteiger charge is -2.18. The van der Waals surface area contributed by atoms with E-state index in [2.05, 4.69) is 4.98 Å². The molecule has 1 atom stereocenters. The fourth-order valence-corrected chi connectivity index (χ4v) is 1.96. The van der Waals surface area contributed by atoms with Gasteiger partial charge in [-0.15, -0.1) is 0 Å². The van der Waals surface area contributed by atoms with E-state index in [9.17, 15) is 5.11 Å². The summed E-state index contributed by atoms with van der Waals surface area (Å²) in [5, 5.41) is 9.64. The molecule has 3 N–H and O–H groups in total. The van der Waals surface area contributed by atoms with Gasteiger partial charge in [-0.05, 0) is 25.2 Å². The number of nitrogens with two attached hydrogens (primary N) is 1. The zero-order valence-corrected chi connectivity index (χ0v) is 11.2. The third kappa shape index (κ3) is 3.66. The van der Waals surface area contributed by atoms with Crippen molar-refractivity contribution in [2.45, 2.75) is 12.6 Å². The van der Waals surface area contributed by atoms with Gasteiger partial charge in [0.25, 0.3) is 0 Å². The molecule has 0 aliphatic carbocycles. The topological polar surface area (TPSA) is 84.8 Å². The second kappa shape index (κ2) is 6.01. The summed E-state index contributed by atoms with van der Waals surface area (Å²) in [6.07, 6.45) is -0.518. The number of nitrogen functional groups attached to an aromatic ring is 1. The molecule has 0 amide bonds. The molecule has 2 rings (SSSR count). The normalized spacial score (nSPS) is 13.3. The summed E-state index contributed by atoms with van der Waals surface area (Å²) >= 11 is 0. The lowest BCUT2D eigenvalue weighted by Crippen LogP contribution is -2.31. The van der Waals surface area contributed by atoms with Gasteiger partial charge in [0.1, 0.15) is 5.52 Å². The highest BCUT2D eigenvalue weighted by atomic mass is 16.5. The molecule has 19 heavy (non-hydrogen) atoms. The molecule has 0 radical (unpaired) electrons. The van der Waals surface area contributed by atoms with Crippen LogP contribution in [-0.2, 0) is 11.3 Å². The van der Waals surface area contributed by atoms with E-state index in [0.29, 0.717) is 31.3 Å². The highest BCUT2D eigenvalue weighted by molar-refractivity contribution is 5.76. The molecule has 1 unspecified atom stereocenters. The number of hydrogen-bond donors (Lipinski definition) is 2. The first kappa shape index (κ1) is 13.8. The number of anilines is 1. The van der Waals surface area contributed by atoms with Crippen LogP contribution in [0.3, 0.4) is 0 Å². The number of nitrogens with zero attached hydrogens (tertiary/aromatic N) is 2. The average Bonchev–Trinajstić information content (AvgIpc) is 2.70. The van der Waals surface area contributed by atoms with Gasteiger partial charge in [0, 0.05) is 19.3 Å². The van der Waals surface area contributed by atoms with Crippen LogP contribution in [0.25, 0.3) is 11.1 Å². The van der Waals surface area contributed by atoms with E-state index >= 15 is 0 Å². The Hall–Kier alpha value is -1.63. The minimum absolute atomic E-state index is 0.314. The summed E-state index contributed by atoms with van der Waals surface area (Å²) in [5.74, 6) is 0.604. The van der Waals surface area contributed by atoms with Crippen LogP contribution in [0.15, 0.2) is 22.6 Å². The Morgan fingerprint density at radius 1 is 1.53 bits per heavy atom. The Kier molecular flexibility index (Phi) is 4.36. The molecule has 0 fully saturated rings. The number of aromatic nitrogens is 1. The molecule has 0 spiro atoms. The summed E-state index contributed by atoms with van der Waals surface area (Å²) in [6.45, 7) is 1.33. The van der Waals surface area contributed by atoms with Crippen LogP contribution >= 0.6 is 0 Å². The molecular formula is C13H19N3O3. The fourth-order valence-electron chi connectivity index (χ4n) is 1.96. The quantitative estimate of drug-likeness (QED) is 0.753. The number of oxazole rings is 1. The van der Waals surface area contributed by atoms with E-state index in [4.69, 9.17) is 14.9 Å². The van der Waals surface area contributed by atoms with Crippen LogP contribution in [0.1, 0.15) is 5.89 Å². The molecule has 104 valence electrons. The fraction of sp³-hybridized carbons (Fsp3) is 0.462. The third-order valence-electron chi connectivity index (χ3n) is 2.74. The number of likely N-dealkylation sites (N-methyl/N-ethyl adjacent to an activating group) is 1. The molecule has 2 aromatic rings. The Balaban J connectivity index is 2.00. The zero-order valence-electron chi connectivity index (χ0n) is 11.2. The monoisotopic (exact) mass is 265 g/mol. The van der Waals surface area contributed by atoms with Gasteiger partial charge in [0.15, 0.2) is 5.58 Å². The lowest BCUT2D eigenvalue weighted by atomic mass is 10.3. The first-order valence-corrected chi connectivity index (χ1v) is 6.09. The van der Waals surface area contributed by atoms with E-state index in [0.717, 1.165) is 11.1 Å². The van der Waals surface area contributed by atoms with Crippen molar-refractivity contribution in [3.8, 4) is 0 Å². The molecule has 6 nitrogen and oxygen atoms in total. The van der Waals surface area contributed by atoms with E-state index in [1.807, 2.05) is 11.9 Å². The first-order valence-electron chi connectivity index (χ1n) is 6.09. The second-order valence-corrected chi connectivity index (χ2v) is 4.64. The van der Waals surface area contributed by atoms with E-state index in [1.165, 1.54) is 0 Å². The number of aliphatic hydroxyl groups excluding tert-OH is 1. The van der Waals surface area contributed by atoms with Crippen molar-refractivity contribution < 1.29 is 14.3 Å². The minimum Gasteiger partial charge on any atom is -0.439 e. The number of benzene rings is 1. The number of rotatable bonds is 6. The van der Waals surface area contributed by atoms with Crippen molar-refractivity contribution in [3.63, 3.8) is 0 Å². The van der Waals surface area contributed by atoms with Crippen molar-refractivity contribution in [1.29, 1.82) is 0 Å². The van der Waals surface area contributed by atoms with Crippen molar-refractivity contribution in [1.82, 2.24) is 9.88 Å². The molecular weight excluding hydrogens is 246 g/mol. The third-order valence-corrected chi connectivity index (χ3v) is 2.74. The van der Waals surface area contributed by atoms with Crippen molar-refractivity contribution in [3.05, 3.63) is 24.1 Å². The van der Waals surface area contributed by atoms with Crippen molar-refractivity contribution in [2.75, 3.05) is 33.0 Å². The SMILES string of the molecule is COCC(O)CN(C)Cc1nc2cc(N)ccc2o1. The maximum absolute atomic E-state index is 9.64. The van der Waals surface area contributed by atoms with Crippen LogP contribution < -0.4 is 5.73 Å². The summed E-state index contributed by atoms with van der Waals surface area (Å²) in [6, 6.07) is 5.37. The number of fused-ring (bicyclic) bond motifs is 1. The molecule has 0 saturated carbocycles. The average molecular weight is 265 g/mol. The van der Waals surface area contributed by atoms with Crippen LogP contribution in [0.5, 0.6) is 0 Å². The Morgan fingerprint density at radius 2 is 2.32 bits per heavy atom. The summed E-state index contributed by atoms with van der Waals surface area (Å²) in [4.78, 5) is 6.29. The van der Waals surface area contributed by atoms with Crippen molar-refractivity contribution in [2.24, 2.45) is 0 Å². The largest absolute Gasteiger partial charge is 0.439 e. The van der Waals surface area contributed by atoms with Crippen LogP contribution in [-0.4, -0.2) is 48.4 Å². The lowest BCUT2D eigenvalue weighted by molar-refractivity contribution is 0.0405. The first-order chi connectivity index (χ1) is 9.08. The van der Waals surface area contributed by atoms with Crippen molar-refractivity contribution >= 4 is 16.8 Å². The highest BCUT2D eigenvalue weighted by Crippen LogP contribution is 2.18. The molecule has 0 aliphatic heterocycles. The van der Waals surface area contributed by atoms with Crippen LogP contribution in [0, 0.1) is 0 Å². The van der Waals surface area contributed by atoms with Gasteiger partial charge in [0.05, 0.1) is 19.3 Å². The molecule has 1 aromatic heterocycles. The molecule has 0 saturated heterocycles. The van der Waals surface area contributed by atoms with Crippen LogP contribution in [0.2, 0.25) is 0 Å². The van der Waals surface area contributed by atoms with Gasteiger partial charge >= 0.3 is 0 Å². The number of methoxy groups -OCH3 is 1. The number of ether oxygens (including phenoxy) is 1. The van der Waals surface area contributed by atoms with E-state index in [-0.39, 0.29) is 0 Å². The van der Waals surface area contributed by atoms with E-state index < -0.39 is 6.10 Å². The Morgan fingerprint density at radius 3 is 3.05 bits per heavy atom. The van der Waals surface area contributed by atoms with Gasteiger partial charge in [-0.3, -0.25) is 4.90 Å². The summed E-state index contributed by atoms with van der Waals surface area (Å²) in [5.41, 5.74) is 7.83. The van der Waals surface area contributed by atoms with Gasteiger partial charge in [0.2, 0.25) is 5.89 Å². The molecule has 1 heterocycles. The predicted octanol–water partition coefficient (Wildman–Crippen LogP) is 0.849.